The van der Waals surface area contributed by atoms with Gasteiger partial charge in [-0.15, -0.1) is 13.2 Å². The third kappa shape index (κ3) is 6.40. The van der Waals surface area contributed by atoms with Crippen LogP contribution >= 0.6 is 0 Å². The first kappa shape index (κ1) is 25.9. The normalized spacial score (nSPS) is 11.6. The molecule has 202 valence electrons. The number of pyridine rings is 1. The summed E-state index contributed by atoms with van der Waals surface area (Å²) in [6, 6.07) is 10.9. The molecule has 0 atom stereocenters. The van der Waals surface area contributed by atoms with Crippen LogP contribution < -0.4 is 10.1 Å². The van der Waals surface area contributed by atoms with Crippen molar-refractivity contribution < 1.29 is 22.4 Å². The van der Waals surface area contributed by atoms with Gasteiger partial charge in [0.2, 0.25) is 5.82 Å². The van der Waals surface area contributed by atoms with E-state index in [1.54, 1.807) is 6.20 Å². The lowest BCUT2D eigenvalue weighted by atomic mass is 10.2. The summed E-state index contributed by atoms with van der Waals surface area (Å²) in [6.45, 7) is 7.49. The number of alkyl halides is 3. The second-order valence-corrected chi connectivity index (χ2v) is 8.73. The van der Waals surface area contributed by atoms with E-state index in [1.165, 1.54) is 24.3 Å². The molecule has 0 amide bonds. The monoisotopic (exact) mass is 539 g/mol. The van der Waals surface area contributed by atoms with Crippen LogP contribution in [0.3, 0.4) is 0 Å². The lowest BCUT2D eigenvalue weighted by molar-refractivity contribution is -0.274. The zero-order valence-electron chi connectivity index (χ0n) is 21.3. The molecule has 0 radical (unpaired) electrons. The van der Waals surface area contributed by atoms with Crippen molar-refractivity contribution in [2.24, 2.45) is 0 Å². The van der Waals surface area contributed by atoms with E-state index in [2.05, 4.69) is 40.4 Å². The Labute approximate surface area is 220 Å². The number of anilines is 1. The molecule has 5 aromatic rings. The first-order valence-electron chi connectivity index (χ1n) is 11.9. The average Bonchev–Trinajstić information content (AvgIpc) is 3.58. The Morgan fingerprint density at radius 1 is 0.974 bits per heavy atom. The first-order valence-corrected chi connectivity index (χ1v) is 11.9. The Balaban J connectivity index is 1.23. The fraction of sp³-hybridized carbons (Fsp3) is 0.280. The highest BCUT2D eigenvalue weighted by Crippen LogP contribution is 2.27. The molecule has 4 heterocycles. The smallest absolute Gasteiger partial charge is 0.406 e. The summed E-state index contributed by atoms with van der Waals surface area (Å²) in [5, 5.41) is 16.2. The van der Waals surface area contributed by atoms with Gasteiger partial charge in [0, 0.05) is 24.0 Å². The summed E-state index contributed by atoms with van der Waals surface area (Å²) in [5.74, 6) is 2.42. The molecule has 4 aromatic heterocycles. The Hall–Kier alpha value is -4.75. The largest absolute Gasteiger partial charge is 0.573 e. The third-order valence-corrected chi connectivity index (χ3v) is 5.72. The van der Waals surface area contributed by atoms with E-state index in [1.807, 2.05) is 48.3 Å². The Bertz CT molecular complexity index is 1570. The summed E-state index contributed by atoms with van der Waals surface area (Å²) in [6.07, 6.45) is -3.03. The van der Waals surface area contributed by atoms with Crippen molar-refractivity contribution in [3.8, 4) is 28.7 Å². The molecule has 0 saturated carbocycles. The lowest BCUT2D eigenvalue weighted by Gasteiger charge is -2.09. The van der Waals surface area contributed by atoms with Gasteiger partial charge < -0.3 is 14.6 Å². The van der Waals surface area contributed by atoms with Gasteiger partial charge in [0.15, 0.2) is 5.69 Å². The highest BCUT2D eigenvalue weighted by Gasteiger charge is 2.31. The van der Waals surface area contributed by atoms with Gasteiger partial charge in [0.25, 0.3) is 5.89 Å². The summed E-state index contributed by atoms with van der Waals surface area (Å²) in [5.41, 5.74) is 2.82. The van der Waals surface area contributed by atoms with Crippen LogP contribution in [0.5, 0.6) is 5.75 Å². The molecule has 14 heteroatoms. The van der Waals surface area contributed by atoms with E-state index >= 15 is 0 Å². The molecule has 0 unspecified atom stereocenters. The zero-order chi connectivity index (χ0) is 27.6. The molecule has 11 nitrogen and oxygen atoms in total. The quantitative estimate of drug-likeness (QED) is 0.287. The summed E-state index contributed by atoms with van der Waals surface area (Å²) < 4.78 is 50.1. The number of hydrogen-bond donors (Lipinski definition) is 1. The summed E-state index contributed by atoms with van der Waals surface area (Å²) in [7, 11) is 0. The topological polar surface area (TPSA) is 122 Å². The maximum Gasteiger partial charge on any atom is 0.573 e. The van der Waals surface area contributed by atoms with E-state index in [0.717, 1.165) is 28.7 Å². The van der Waals surface area contributed by atoms with Crippen LogP contribution in [0.4, 0.5) is 19.0 Å². The number of nitrogens with one attached hydrogen (secondary N) is 1. The van der Waals surface area contributed by atoms with Crippen LogP contribution in [-0.4, -0.2) is 52.6 Å². The predicted molar refractivity (Wildman–Crippen MR) is 134 cm³/mol. The fourth-order valence-corrected chi connectivity index (χ4v) is 3.93. The number of aryl methyl sites for hydroxylation is 3. The average molecular weight is 540 g/mol. The molecule has 0 aliphatic heterocycles. The lowest BCUT2D eigenvalue weighted by Crippen LogP contribution is -2.16. The van der Waals surface area contributed by atoms with Gasteiger partial charge >= 0.3 is 6.36 Å². The van der Waals surface area contributed by atoms with E-state index in [-0.39, 0.29) is 17.5 Å². The maximum atomic E-state index is 12.4. The van der Waals surface area contributed by atoms with Gasteiger partial charge in [-0.1, -0.05) is 5.16 Å². The Morgan fingerprint density at radius 2 is 1.77 bits per heavy atom. The highest BCUT2D eigenvalue weighted by atomic mass is 19.4. The number of ether oxygens (including phenoxy) is 1. The van der Waals surface area contributed by atoms with Crippen molar-refractivity contribution in [3.63, 3.8) is 0 Å². The van der Waals surface area contributed by atoms with Gasteiger partial charge in [-0.2, -0.15) is 15.2 Å². The van der Waals surface area contributed by atoms with Crippen LogP contribution in [-0.2, 0) is 13.1 Å². The van der Waals surface area contributed by atoms with E-state index in [9.17, 15) is 13.2 Å². The Kier molecular flexibility index (Phi) is 7.00. The van der Waals surface area contributed by atoms with E-state index < -0.39 is 6.36 Å². The van der Waals surface area contributed by atoms with Crippen molar-refractivity contribution in [2.45, 2.75) is 40.2 Å². The van der Waals surface area contributed by atoms with Crippen molar-refractivity contribution in [1.29, 1.82) is 0 Å². The molecule has 0 aliphatic carbocycles. The predicted octanol–water partition coefficient (Wildman–Crippen LogP) is 4.57. The molecule has 0 fully saturated rings. The molecule has 0 aliphatic rings. The van der Waals surface area contributed by atoms with Crippen LogP contribution in [0, 0.1) is 20.8 Å². The summed E-state index contributed by atoms with van der Waals surface area (Å²) >= 11 is 0. The van der Waals surface area contributed by atoms with Gasteiger partial charge in [-0.05, 0) is 68.8 Å². The second-order valence-electron chi connectivity index (χ2n) is 8.73. The minimum Gasteiger partial charge on any atom is -0.406 e. The third-order valence-electron chi connectivity index (χ3n) is 5.72. The van der Waals surface area contributed by atoms with Crippen LogP contribution in [0.1, 0.15) is 22.9 Å². The molecular formula is C25H24F3N9O2. The molecular weight excluding hydrogens is 515 g/mol. The highest BCUT2D eigenvalue weighted by molar-refractivity contribution is 5.59. The fourth-order valence-electron chi connectivity index (χ4n) is 3.93. The van der Waals surface area contributed by atoms with E-state index in [4.69, 9.17) is 4.52 Å². The number of aromatic nitrogens is 8. The minimum absolute atomic E-state index is 0.193. The van der Waals surface area contributed by atoms with E-state index in [0.29, 0.717) is 30.9 Å². The van der Waals surface area contributed by atoms with Gasteiger partial charge in [0.1, 0.15) is 23.2 Å². The van der Waals surface area contributed by atoms with Crippen LogP contribution in [0.25, 0.3) is 23.0 Å². The zero-order valence-corrected chi connectivity index (χ0v) is 21.3. The SMILES string of the molecule is Cc1nc(C)n(CCNc2cc(Cn3nc(-c4nc(-c5ccc(OC(F)(F)F)cc5)no4)cc3C)ccn2)n1. The van der Waals surface area contributed by atoms with Crippen LogP contribution in [0.15, 0.2) is 53.2 Å². The summed E-state index contributed by atoms with van der Waals surface area (Å²) in [4.78, 5) is 13.0. The molecule has 39 heavy (non-hydrogen) atoms. The number of benzene rings is 1. The number of nitrogens with zero attached hydrogens (tertiary/aromatic N) is 8. The number of hydrogen-bond acceptors (Lipinski definition) is 9. The van der Waals surface area contributed by atoms with Gasteiger partial charge in [-0.25, -0.2) is 14.6 Å². The molecule has 5 rings (SSSR count). The standard InChI is InChI=1S/C25H24F3N9O2/c1-15-12-21(24-32-23(35-39-24)19-4-6-20(7-5-19)38-25(26,27)28)34-37(15)14-18-8-9-29-22(13-18)30-10-11-36-17(3)31-16(2)33-36/h4-9,12-13H,10-11,14H2,1-3H3,(H,29,30). The number of rotatable bonds is 9. The molecule has 1 N–H and O–H groups in total. The van der Waals surface area contributed by atoms with Crippen molar-refractivity contribution >= 4 is 5.82 Å². The van der Waals surface area contributed by atoms with Crippen molar-refractivity contribution in [2.75, 3.05) is 11.9 Å². The molecule has 0 saturated heterocycles. The maximum absolute atomic E-state index is 12.4. The molecule has 1 aromatic carbocycles. The van der Waals surface area contributed by atoms with Gasteiger partial charge in [-0.3, -0.25) is 4.68 Å². The van der Waals surface area contributed by atoms with Gasteiger partial charge in [0.05, 0.1) is 13.1 Å². The molecule has 0 bridgehead atoms. The van der Waals surface area contributed by atoms with Crippen molar-refractivity contribution in [3.05, 3.63) is 71.6 Å². The number of halogens is 3. The van der Waals surface area contributed by atoms with Crippen molar-refractivity contribution in [1.82, 2.24) is 39.7 Å². The molecule has 0 spiro atoms. The Morgan fingerprint density at radius 3 is 2.49 bits per heavy atom. The second kappa shape index (κ2) is 10.6. The van der Waals surface area contributed by atoms with Crippen LogP contribution in [0.2, 0.25) is 0 Å². The first-order chi connectivity index (χ1) is 18.6. The minimum atomic E-state index is -4.76.